The van der Waals surface area contributed by atoms with Gasteiger partial charge >= 0.3 is 12.0 Å². The van der Waals surface area contributed by atoms with Crippen LogP contribution in [0.2, 0.25) is 0 Å². The molecule has 3 N–H and O–H groups in total. The van der Waals surface area contributed by atoms with Crippen LogP contribution in [0.4, 0.5) is 4.79 Å². The molecule has 0 fully saturated rings. The van der Waals surface area contributed by atoms with Crippen molar-refractivity contribution in [3.8, 4) is 0 Å². The number of carboxylic acid groups (broad SMARTS) is 1. The molecule has 0 saturated carbocycles. The molecular weight excluding hydrogens is 278 g/mol. The first-order valence-corrected chi connectivity index (χ1v) is 6.56. The number of hydrogen-bond donors (Lipinski definition) is 3. The summed E-state index contributed by atoms with van der Waals surface area (Å²) in [7, 11) is 1.58. The highest BCUT2D eigenvalue weighted by Gasteiger charge is 2.16. The van der Waals surface area contributed by atoms with Crippen molar-refractivity contribution in [2.24, 2.45) is 5.92 Å². The van der Waals surface area contributed by atoms with Crippen molar-refractivity contribution >= 4 is 12.0 Å². The number of carboxylic acids is 1. The van der Waals surface area contributed by atoms with Gasteiger partial charge in [-0.2, -0.15) is 0 Å². The van der Waals surface area contributed by atoms with Crippen molar-refractivity contribution in [3.05, 3.63) is 11.9 Å². The van der Waals surface area contributed by atoms with Crippen molar-refractivity contribution in [3.63, 3.8) is 0 Å². The van der Waals surface area contributed by atoms with Gasteiger partial charge in [0.25, 0.3) is 0 Å². The highest BCUT2D eigenvalue weighted by Crippen LogP contribution is 2.01. The number of methoxy groups -OCH3 is 1. The molecule has 9 nitrogen and oxygen atoms in total. The van der Waals surface area contributed by atoms with Crippen LogP contribution >= 0.6 is 0 Å². The number of ether oxygens (including phenoxy) is 1. The summed E-state index contributed by atoms with van der Waals surface area (Å²) in [5.41, 5.74) is 0.485. The first kappa shape index (κ1) is 16.9. The zero-order chi connectivity index (χ0) is 15.8. The fourth-order valence-corrected chi connectivity index (χ4v) is 1.61. The first-order valence-electron chi connectivity index (χ1n) is 6.56. The molecule has 0 bridgehead atoms. The summed E-state index contributed by atoms with van der Waals surface area (Å²) in [5, 5.41) is 21.5. The van der Waals surface area contributed by atoms with Gasteiger partial charge in [-0.15, -0.1) is 5.10 Å². The summed E-state index contributed by atoms with van der Waals surface area (Å²) in [5.74, 6) is -0.761. The molecule has 0 spiro atoms. The number of hydrogen-bond acceptors (Lipinski definition) is 5. The molecule has 1 atom stereocenters. The third-order valence-electron chi connectivity index (χ3n) is 2.78. The van der Waals surface area contributed by atoms with Crippen molar-refractivity contribution in [2.75, 3.05) is 13.7 Å². The Kier molecular flexibility index (Phi) is 6.60. The number of amides is 2. The Balaban J connectivity index is 2.41. The second-order valence-corrected chi connectivity index (χ2v) is 4.93. The third-order valence-corrected chi connectivity index (χ3v) is 2.78. The molecule has 21 heavy (non-hydrogen) atoms. The van der Waals surface area contributed by atoms with Crippen LogP contribution in [-0.4, -0.2) is 51.9 Å². The van der Waals surface area contributed by atoms with E-state index in [0.29, 0.717) is 12.3 Å². The molecule has 1 aromatic rings. The third kappa shape index (κ3) is 6.21. The normalized spacial score (nSPS) is 12.2. The van der Waals surface area contributed by atoms with Crippen molar-refractivity contribution < 1.29 is 19.4 Å². The average molecular weight is 299 g/mol. The van der Waals surface area contributed by atoms with Gasteiger partial charge in [0.15, 0.2) is 0 Å². The number of rotatable bonds is 8. The van der Waals surface area contributed by atoms with Gasteiger partial charge in [-0.25, -0.2) is 9.48 Å². The van der Waals surface area contributed by atoms with Crippen LogP contribution in [0, 0.1) is 5.92 Å². The van der Waals surface area contributed by atoms with Gasteiger partial charge in [-0.1, -0.05) is 19.1 Å². The molecule has 9 heteroatoms. The van der Waals surface area contributed by atoms with E-state index < -0.39 is 5.97 Å². The minimum absolute atomic E-state index is 0.0855. The molecule has 1 aromatic heterocycles. The van der Waals surface area contributed by atoms with Gasteiger partial charge in [0.1, 0.15) is 12.2 Å². The van der Waals surface area contributed by atoms with Crippen molar-refractivity contribution in [2.45, 2.75) is 33.0 Å². The maximum absolute atomic E-state index is 11.8. The van der Waals surface area contributed by atoms with E-state index >= 15 is 0 Å². The van der Waals surface area contributed by atoms with Crippen LogP contribution < -0.4 is 10.6 Å². The van der Waals surface area contributed by atoms with E-state index in [9.17, 15) is 9.59 Å². The zero-order valence-corrected chi connectivity index (χ0v) is 12.4. The topological polar surface area (TPSA) is 118 Å². The van der Waals surface area contributed by atoms with E-state index in [-0.39, 0.29) is 31.1 Å². The summed E-state index contributed by atoms with van der Waals surface area (Å²) in [6.07, 6.45) is 1.48. The van der Waals surface area contributed by atoms with Gasteiger partial charge in [-0.05, 0) is 5.92 Å². The second-order valence-electron chi connectivity index (χ2n) is 4.93. The van der Waals surface area contributed by atoms with Crippen LogP contribution in [0.25, 0.3) is 0 Å². The van der Waals surface area contributed by atoms with E-state index in [0.717, 1.165) is 0 Å². The standard InChI is InChI=1S/C12H21N5O4/c1-8(2)10(7-21-3)14-12(20)13-4-9-5-17(16-15-9)6-11(18)19/h5,8,10H,4,6-7H2,1-3H3,(H,18,19)(H2,13,14,20). The smallest absolute Gasteiger partial charge is 0.325 e. The first-order chi connectivity index (χ1) is 9.92. The van der Waals surface area contributed by atoms with Gasteiger partial charge in [0.05, 0.1) is 25.4 Å². The van der Waals surface area contributed by atoms with Gasteiger partial charge in [0, 0.05) is 7.11 Å². The molecule has 0 aliphatic rings. The Hall–Kier alpha value is -2.16. The maximum Gasteiger partial charge on any atom is 0.325 e. The van der Waals surface area contributed by atoms with Crippen LogP contribution in [0.5, 0.6) is 0 Å². The molecule has 0 aliphatic heterocycles. The van der Waals surface area contributed by atoms with E-state index in [1.165, 1.54) is 10.9 Å². The Labute approximate surface area is 122 Å². The lowest BCUT2D eigenvalue weighted by atomic mass is 10.1. The van der Waals surface area contributed by atoms with Gasteiger partial charge < -0.3 is 20.5 Å². The van der Waals surface area contributed by atoms with E-state index in [1.807, 2.05) is 13.8 Å². The van der Waals surface area contributed by atoms with E-state index in [1.54, 1.807) is 7.11 Å². The number of nitrogens with one attached hydrogen (secondary N) is 2. The minimum atomic E-state index is -1.00. The van der Waals surface area contributed by atoms with Crippen molar-refractivity contribution in [1.29, 1.82) is 0 Å². The second kappa shape index (κ2) is 8.20. The summed E-state index contributed by atoms with van der Waals surface area (Å²) in [4.78, 5) is 22.3. The lowest BCUT2D eigenvalue weighted by molar-refractivity contribution is -0.137. The number of aromatic nitrogens is 3. The quantitative estimate of drug-likeness (QED) is 0.613. The SMILES string of the molecule is COCC(NC(=O)NCc1cn(CC(=O)O)nn1)C(C)C. The molecule has 1 heterocycles. The maximum atomic E-state index is 11.8. The highest BCUT2D eigenvalue weighted by molar-refractivity contribution is 5.74. The lowest BCUT2D eigenvalue weighted by Crippen LogP contribution is -2.46. The molecule has 0 aliphatic carbocycles. The van der Waals surface area contributed by atoms with Crippen LogP contribution in [0.3, 0.4) is 0 Å². The fourth-order valence-electron chi connectivity index (χ4n) is 1.61. The predicted molar refractivity (Wildman–Crippen MR) is 73.5 cm³/mol. The molecule has 2 amide bonds. The molecular formula is C12H21N5O4. The van der Waals surface area contributed by atoms with Crippen LogP contribution in [0.15, 0.2) is 6.20 Å². The number of carbonyl (C=O) groups is 2. The molecule has 0 radical (unpaired) electrons. The van der Waals surface area contributed by atoms with Crippen LogP contribution in [0.1, 0.15) is 19.5 Å². The average Bonchev–Trinajstić information content (AvgIpc) is 2.82. The Morgan fingerprint density at radius 2 is 2.19 bits per heavy atom. The summed E-state index contributed by atoms with van der Waals surface area (Å²) in [6.45, 7) is 4.31. The summed E-state index contributed by atoms with van der Waals surface area (Å²) in [6, 6.07) is -0.420. The van der Waals surface area contributed by atoms with E-state index in [2.05, 4.69) is 20.9 Å². The summed E-state index contributed by atoms with van der Waals surface area (Å²) < 4.78 is 6.24. The largest absolute Gasteiger partial charge is 0.480 e. The minimum Gasteiger partial charge on any atom is -0.480 e. The fraction of sp³-hybridized carbons (Fsp3) is 0.667. The number of aliphatic carboxylic acids is 1. The van der Waals surface area contributed by atoms with Gasteiger partial charge in [0.2, 0.25) is 0 Å². The molecule has 0 saturated heterocycles. The predicted octanol–water partition coefficient (Wildman–Crippen LogP) is -0.167. The van der Waals surface area contributed by atoms with Crippen molar-refractivity contribution in [1.82, 2.24) is 25.6 Å². The Bertz CT molecular complexity index is 474. The Morgan fingerprint density at radius 1 is 1.48 bits per heavy atom. The lowest BCUT2D eigenvalue weighted by Gasteiger charge is -2.21. The van der Waals surface area contributed by atoms with Gasteiger partial charge in [-0.3, -0.25) is 4.79 Å². The molecule has 0 aromatic carbocycles. The van der Waals surface area contributed by atoms with Crippen LogP contribution in [-0.2, 0) is 22.6 Å². The number of urea groups is 1. The zero-order valence-electron chi connectivity index (χ0n) is 12.4. The number of nitrogens with zero attached hydrogens (tertiary/aromatic N) is 3. The monoisotopic (exact) mass is 299 g/mol. The molecule has 1 rings (SSSR count). The number of carbonyl (C=O) groups excluding carboxylic acids is 1. The van der Waals surface area contributed by atoms with E-state index in [4.69, 9.17) is 9.84 Å². The summed E-state index contributed by atoms with van der Waals surface area (Å²) >= 11 is 0. The highest BCUT2D eigenvalue weighted by atomic mass is 16.5. The molecule has 1 unspecified atom stereocenters. The molecule has 118 valence electrons. The Morgan fingerprint density at radius 3 is 2.76 bits per heavy atom.